The van der Waals surface area contributed by atoms with Crippen molar-refractivity contribution in [3.8, 4) is 0 Å². The number of nitrogens with zero attached hydrogens (tertiary/aromatic N) is 1. The van der Waals surface area contributed by atoms with Gasteiger partial charge in [0.1, 0.15) is 0 Å². The maximum Gasteiger partial charge on any atom is 0.303 e. The Balaban J connectivity index is 3.84. The van der Waals surface area contributed by atoms with E-state index in [1.165, 1.54) is 5.01 Å². The van der Waals surface area contributed by atoms with Crippen LogP contribution in [0.4, 0.5) is 0 Å². The number of carboxylic acids is 1. The van der Waals surface area contributed by atoms with Gasteiger partial charge in [-0.3, -0.25) is 4.79 Å². The Kier molecular flexibility index (Phi) is 4.89. The summed E-state index contributed by atoms with van der Waals surface area (Å²) in [5.74, 6) is -1.16. The molecule has 6 nitrogen and oxygen atoms in total. The lowest BCUT2D eigenvalue weighted by molar-refractivity contribution is -0.137. The van der Waals surface area contributed by atoms with E-state index in [1.54, 1.807) is 14.1 Å². The van der Waals surface area contributed by atoms with Gasteiger partial charge < -0.3 is 5.11 Å². The monoisotopic (exact) mass is 210 g/mol. The third kappa shape index (κ3) is 7.69. The van der Waals surface area contributed by atoms with E-state index in [9.17, 15) is 13.2 Å². The van der Waals surface area contributed by atoms with Crippen molar-refractivity contribution in [3.05, 3.63) is 0 Å². The number of aliphatic carboxylic acids is 1. The molecule has 0 fully saturated rings. The number of hydrazine groups is 1. The van der Waals surface area contributed by atoms with Crippen LogP contribution in [0, 0.1) is 0 Å². The molecule has 0 radical (unpaired) electrons. The Labute approximate surface area is 77.6 Å². The Hall–Kier alpha value is -0.660. The topological polar surface area (TPSA) is 86.7 Å². The minimum atomic E-state index is -3.36. The Morgan fingerprint density at radius 3 is 2.38 bits per heavy atom. The molecule has 0 amide bonds. The number of sulfonamides is 1. The summed E-state index contributed by atoms with van der Waals surface area (Å²) in [6.07, 6.45) is -0.00710. The maximum atomic E-state index is 11.1. The molecule has 0 bridgehead atoms. The number of carboxylic acid groups (broad SMARTS) is 1. The molecule has 0 rings (SSSR count). The first-order valence-electron chi connectivity index (χ1n) is 3.73. The molecule has 0 aromatic heterocycles. The molecule has 2 N–H and O–H groups in total. The van der Waals surface area contributed by atoms with E-state index >= 15 is 0 Å². The van der Waals surface area contributed by atoms with Crippen molar-refractivity contribution in [1.82, 2.24) is 9.84 Å². The Morgan fingerprint density at radius 1 is 1.46 bits per heavy atom. The fourth-order valence-corrected chi connectivity index (χ4v) is 1.91. The first-order valence-corrected chi connectivity index (χ1v) is 5.38. The van der Waals surface area contributed by atoms with Crippen LogP contribution in [-0.2, 0) is 14.8 Å². The predicted molar refractivity (Wildman–Crippen MR) is 47.5 cm³/mol. The van der Waals surface area contributed by atoms with Gasteiger partial charge in [-0.15, -0.1) is 4.83 Å². The van der Waals surface area contributed by atoms with E-state index < -0.39 is 16.0 Å². The molecule has 0 saturated carbocycles. The lowest BCUT2D eigenvalue weighted by Gasteiger charge is -2.11. The maximum absolute atomic E-state index is 11.1. The van der Waals surface area contributed by atoms with Crippen LogP contribution >= 0.6 is 0 Å². The second kappa shape index (κ2) is 5.15. The van der Waals surface area contributed by atoms with Crippen LogP contribution in [0.5, 0.6) is 0 Å². The zero-order valence-corrected chi connectivity index (χ0v) is 8.47. The van der Waals surface area contributed by atoms with Gasteiger partial charge in [-0.2, -0.15) is 0 Å². The average Bonchev–Trinajstić information content (AvgIpc) is 1.81. The van der Waals surface area contributed by atoms with Crippen LogP contribution < -0.4 is 4.83 Å². The summed E-state index contributed by atoms with van der Waals surface area (Å²) in [5.41, 5.74) is 0. The number of nitrogens with one attached hydrogen (secondary N) is 1. The molecule has 7 heteroatoms. The molecule has 0 aromatic carbocycles. The summed E-state index contributed by atoms with van der Waals surface area (Å²) < 4.78 is 22.2. The zero-order chi connectivity index (χ0) is 10.5. The normalized spacial score (nSPS) is 11.9. The van der Waals surface area contributed by atoms with Gasteiger partial charge in [0.25, 0.3) is 0 Å². The summed E-state index contributed by atoms with van der Waals surface area (Å²) in [7, 11) is -0.263. The largest absolute Gasteiger partial charge is 0.481 e. The van der Waals surface area contributed by atoms with Gasteiger partial charge in [0.2, 0.25) is 10.0 Å². The predicted octanol–water partition coefficient (Wildman–Crippen LogP) is -0.753. The van der Waals surface area contributed by atoms with Crippen molar-refractivity contribution < 1.29 is 18.3 Å². The molecule has 0 aliphatic heterocycles. The van der Waals surface area contributed by atoms with E-state index in [0.29, 0.717) is 0 Å². The molecule has 0 heterocycles. The number of hydrogen-bond donors (Lipinski definition) is 2. The first-order chi connectivity index (χ1) is 5.83. The zero-order valence-electron chi connectivity index (χ0n) is 7.65. The second-order valence-corrected chi connectivity index (χ2v) is 4.62. The second-order valence-electron chi connectivity index (χ2n) is 2.80. The van der Waals surface area contributed by atoms with Gasteiger partial charge >= 0.3 is 5.97 Å². The molecule has 0 atom stereocenters. The van der Waals surface area contributed by atoms with Crippen LogP contribution in [0.3, 0.4) is 0 Å². The quantitative estimate of drug-likeness (QED) is 0.563. The highest BCUT2D eigenvalue weighted by atomic mass is 32.2. The number of rotatable bonds is 6. The molecule has 0 aliphatic rings. The molecular weight excluding hydrogens is 196 g/mol. The molecular formula is C6H14N2O4S. The van der Waals surface area contributed by atoms with Crippen LogP contribution in [0.25, 0.3) is 0 Å². The molecule has 13 heavy (non-hydrogen) atoms. The van der Waals surface area contributed by atoms with E-state index in [0.717, 1.165) is 0 Å². The van der Waals surface area contributed by atoms with E-state index in [4.69, 9.17) is 5.11 Å². The Morgan fingerprint density at radius 2 is 2.00 bits per heavy atom. The van der Waals surface area contributed by atoms with Gasteiger partial charge in [-0.1, -0.05) is 0 Å². The van der Waals surface area contributed by atoms with Crippen molar-refractivity contribution in [2.24, 2.45) is 0 Å². The molecule has 78 valence electrons. The lowest BCUT2D eigenvalue weighted by atomic mass is 10.3. The summed E-state index contributed by atoms with van der Waals surface area (Å²) in [5, 5.41) is 9.57. The summed E-state index contributed by atoms with van der Waals surface area (Å²) >= 11 is 0. The minimum absolute atomic E-state index is 0.124. The minimum Gasteiger partial charge on any atom is -0.481 e. The smallest absolute Gasteiger partial charge is 0.303 e. The third-order valence-electron chi connectivity index (χ3n) is 1.13. The van der Waals surface area contributed by atoms with Crippen molar-refractivity contribution in [2.75, 3.05) is 19.8 Å². The standard InChI is InChI=1S/C6H14N2O4S/c1-8(2)7-13(11,12)5-3-4-6(9)10/h7H,3-5H2,1-2H3,(H,9,10). The lowest BCUT2D eigenvalue weighted by Crippen LogP contribution is -2.37. The summed E-state index contributed by atoms with van der Waals surface area (Å²) in [6.45, 7) is 0. The molecule has 0 aliphatic carbocycles. The molecule has 0 spiro atoms. The van der Waals surface area contributed by atoms with Crippen molar-refractivity contribution in [1.29, 1.82) is 0 Å². The third-order valence-corrected chi connectivity index (χ3v) is 2.59. The van der Waals surface area contributed by atoms with E-state index in [2.05, 4.69) is 4.83 Å². The highest BCUT2D eigenvalue weighted by Crippen LogP contribution is 1.94. The van der Waals surface area contributed by atoms with Crippen molar-refractivity contribution in [2.45, 2.75) is 12.8 Å². The van der Waals surface area contributed by atoms with Gasteiger partial charge in [-0.05, 0) is 6.42 Å². The van der Waals surface area contributed by atoms with Gasteiger partial charge in [-0.25, -0.2) is 13.4 Å². The number of carbonyl (C=O) groups is 1. The van der Waals surface area contributed by atoms with Crippen LogP contribution in [0.1, 0.15) is 12.8 Å². The van der Waals surface area contributed by atoms with Crippen LogP contribution in [0.15, 0.2) is 0 Å². The summed E-state index contributed by atoms with van der Waals surface area (Å²) in [4.78, 5) is 12.3. The van der Waals surface area contributed by atoms with Gasteiger partial charge in [0.05, 0.1) is 5.75 Å². The SMILES string of the molecule is CN(C)NS(=O)(=O)CCCC(=O)O. The highest BCUT2D eigenvalue weighted by Gasteiger charge is 2.11. The highest BCUT2D eigenvalue weighted by molar-refractivity contribution is 7.89. The van der Waals surface area contributed by atoms with Crippen molar-refractivity contribution in [3.63, 3.8) is 0 Å². The fourth-order valence-electron chi connectivity index (χ4n) is 0.737. The van der Waals surface area contributed by atoms with E-state index in [-0.39, 0.29) is 18.6 Å². The van der Waals surface area contributed by atoms with Crippen LogP contribution in [-0.4, -0.2) is 44.4 Å². The molecule has 0 unspecified atom stereocenters. The number of hydrogen-bond acceptors (Lipinski definition) is 4. The summed E-state index contributed by atoms with van der Waals surface area (Å²) in [6, 6.07) is 0. The first kappa shape index (κ1) is 12.3. The molecule has 0 aromatic rings. The van der Waals surface area contributed by atoms with Crippen LogP contribution in [0.2, 0.25) is 0 Å². The van der Waals surface area contributed by atoms with Gasteiger partial charge in [0, 0.05) is 20.5 Å². The molecule has 0 saturated heterocycles. The van der Waals surface area contributed by atoms with Crippen molar-refractivity contribution >= 4 is 16.0 Å². The Bertz CT molecular complexity index is 260. The van der Waals surface area contributed by atoms with E-state index in [1.807, 2.05) is 0 Å². The average molecular weight is 210 g/mol. The fraction of sp³-hybridized carbons (Fsp3) is 0.833. The van der Waals surface area contributed by atoms with Gasteiger partial charge in [0.15, 0.2) is 0 Å².